The van der Waals surface area contributed by atoms with E-state index >= 15 is 0 Å². The molecule has 1 heterocycles. The zero-order valence-electron chi connectivity index (χ0n) is 10.2. The number of hydrogen-bond donors (Lipinski definition) is 0. The highest BCUT2D eigenvalue weighted by atomic mass is 79.9. The van der Waals surface area contributed by atoms with Crippen LogP contribution in [-0.4, -0.2) is 9.55 Å². The van der Waals surface area contributed by atoms with Gasteiger partial charge in [-0.05, 0) is 54.0 Å². The molecular weight excluding hydrogens is 299 g/mol. The minimum atomic E-state index is -0.270. The Kier molecular flexibility index (Phi) is 4.01. The smallest absolute Gasteiger partial charge is 0.147 e. The molecule has 1 aromatic carbocycles. The van der Waals surface area contributed by atoms with Crippen molar-refractivity contribution in [1.82, 2.24) is 9.55 Å². The van der Waals surface area contributed by atoms with E-state index in [2.05, 4.69) is 34.8 Å². The van der Waals surface area contributed by atoms with Crippen molar-refractivity contribution in [2.24, 2.45) is 0 Å². The first kappa shape index (κ1) is 13.1. The summed E-state index contributed by atoms with van der Waals surface area (Å²) in [6.45, 7) is 4.51. The topological polar surface area (TPSA) is 27.1 Å². The number of aromatic nitrogens is 2. The van der Waals surface area contributed by atoms with Gasteiger partial charge in [0, 0.05) is 6.04 Å². The predicted octanol–water partition coefficient (Wildman–Crippen LogP) is 3.94. The molecule has 2 aromatic rings. The van der Waals surface area contributed by atoms with E-state index in [1.807, 2.05) is 4.57 Å². The van der Waals surface area contributed by atoms with Crippen molar-refractivity contribution in [3.8, 4) is 5.75 Å². The normalized spacial score (nSPS) is 10.9. The van der Waals surface area contributed by atoms with E-state index in [-0.39, 0.29) is 5.82 Å². The molecule has 0 aliphatic carbocycles. The van der Waals surface area contributed by atoms with Gasteiger partial charge in [0.25, 0.3) is 0 Å². The summed E-state index contributed by atoms with van der Waals surface area (Å²) >= 11 is 3.45. The van der Waals surface area contributed by atoms with Gasteiger partial charge in [0.2, 0.25) is 0 Å². The van der Waals surface area contributed by atoms with Gasteiger partial charge in [-0.3, -0.25) is 0 Å². The molecule has 0 atom stereocenters. The largest absolute Gasteiger partial charge is 0.486 e. The molecule has 0 amide bonds. The van der Waals surface area contributed by atoms with Gasteiger partial charge in [-0.25, -0.2) is 9.37 Å². The first-order valence-electron chi connectivity index (χ1n) is 5.68. The molecule has 1 aromatic heterocycles. The van der Waals surface area contributed by atoms with Gasteiger partial charge in [0.05, 0.1) is 6.20 Å². The fourth-order valence-electron chi connectivity index (χ4n) is 1.71. The van der Waals surface area contributed by atoms with Crippen molar-refractivity contribution in [2.75, 3.05) is 0 Å². The molecule has 0 spiro atoms. The Balaban J connectivity index is 2.08. The van der Waals surface area contributed by atoms with Crippen LogP contribution in [0.4, 0.5) is 4.39 Å². The molecule has 0 aliphatic heterocycles. The predicted molar refractivity (Wildman–Crippen MR) is 71.0 cm³/mol. The van der Waals surface area contributed by atoms with Crippen molar-refractivity contribution in [2.45, 2.75) is 26.5 Å². The summed E-state index contributed by atoms with van der Waals surface area (Å²) in [5, 5.41) is 0. The Morgan fingerprint density at radius 1 is 1.33 bits per heavy atom. The van der Waals surface area contributed by atoms with Crippen LogP contribution in [0.3, 0.4) is 0 Å². The SMILES string of the molecule is CC(C)n1c(Br)cnc1COc1ccc(F)cc1. The highest BCUT2D eigenvalue weighted by Crippen LogP contribution is 2.20. The maximum absolute atomic E-state index is 12.7. The minimum Gasteiger partial charge on any atom is -0.486 e. The number of rotatable bonds is 4. The van der Waals surface area contributed by atoms with Crippen molar-refractivity contribution in [1.29, 1.82) is 0 Å². The molecule has 96 valence electrons. The van der Waals surface area contributed by atoms with Crippen molar-refractivity contribution in [3.63, 3.8) is 0 Å². The summed E-state index contributed by atoms with van der Waals surface area (Å²) in [5.41, 5.74) is 0. The lowest BCUT2D eigenvalue weighted by atomic mass is 10.3. The zero-order chi connectivity index (χ0) is 13.1. The average molecular weight is 313 g/mol. The van der Waals surface area contributed by atoms with Crippen molar-refractivity contribution >= 4 is 15.9 Å². The first-order valence-corrected chi connectivity index (χ1v) is 6.47. The van der Waals surface area contributed by atoms with Crippen molar-refractivity contribution < 1.29 is 9.13 Å². The second-order valence-corrected chi connectivity index (χ2v) is 5.02. The second kappa shape index (κ2) is 5.52. The molecule has 0 bridgehead atoms. The van der Waals surface area contributed by atoms with E-state index in [9.17, 15) is 4.39 Å². The molecule has 3 nitrogen and oxygen atoms in total. The van der Waals surface area contributed by atoms with Crippen LogP contribution >= 0.6 is 15.9 Å². The van der Waals surface area contributed by atoms with Crippen LogP contribution in [-0.2, 0) is 6.61 Å². The number of imidazole rings is 1. The Bertz CT molecular complexity index is 522. The van der Waals surface area contributed by atoms with Crippen LogP contribution in [0, 0.1) is 5.82 Å². The van der Waals surface area contributed by atoms with E-state index in [4.69, 9.17) is 4.74 Å². The van der Waals surface area contributed by atoms with E-state index in [1.54, 1.807) is 18.3 Å². The zero-order valence-corrected chi connectivity index (χ0v) is 11.8. The second-order valence-electron chi connectivity index (χ2n) is 4.20. The van der Waals surface area contributed by atoms with E-state index in [1.165, 1.54) is 12.1 Å². The summed E-state index contributed by atoms with van der Waals surface area (Å²) in [5.74, 6) is 1.20. The first-order chi connectivity index (χ1) is 8.58. The summed E-state index contributed by atoms with van der Waals surface area (Å²) < 4.78 is 21.3. The molecule has 0 fully saturated rings. The minimum absolute atomic E-state index is 0.270. The third kappa shape index (κ3) is 2.90. The Hall–Kier alpha value is -1.36. The fourth-order valence-corrected chi connectivity index (χ4v) is 2.42. The van der Waals surface area contributed by atoms with E-state index < -0.39 is 0 Å². The highest BCUT2D eigenvalue weighted by molar-refractivity contribution is 9.10. The Morgan fingerprint density at radius 2 is 2.00 bits per heavy atom. The third-order valence-corrected chi connectivity index (χ3v) is 3.11. The van der Waals surface area contributed by atoms with Crippen LogP contribution in [0.15, 0.2) is 35.1 Å². The lowest BCUT2D eigenvalue weighted by Crippen LogP contribution is -2.09. The quantitative estimate of drug-likeness (QED) is 0.855. The van der Waals surface area contributed by atoms with Gasteiger partial charge in [0.1, 0.15) is 28.6 Å². The summed E-state index contributed by atoms with van der Waals surface area (Å²) in [7, 11) is 0. The maximum atomic E-state index is 12.7. The monoisotopic (exact) mass is 312 g/mol. The van der Waals surface area contributed by atoms with E-state index in [0.29, 0.717) is 18.4 Å². The number of hydrogen-bond acceptors (Lipinski definition) is 2. The maximum Gasteiger partial charge on any atom is 0.147 e. The van der Waals surface area contributed by atoms with Gasteiger partial charge >= 0.3 is 0 Å². The summed E-state index contributed by atoms with van der Waals surface area (Å²) in [4.78, 5) is 4.29. The lowest BCUT2D eigenvalue weighted by Gasteiger charge is -2.13. The van der Waals surface area contributed by atoms with Gasteiger partial charge in [-0.15, -0.1) is 0 Å². The molecule has 2 rings (SSSR count). The van der Waals surface area contributed by atoms with Crippen LogP contribution < -0.4 is 4.74 Å². The van der Waals surface area contributed by atoms with Crippen molar-refractivity contribution in [3.05, 3.63) is 46.7 Å². The standard InChI is InChI=1S/C13H14BrFN2O/c1-9(2)17-12(14)7-16-13(17)8-18-11-5-3-10(15)4-6-11/h3-7,9H,8H2,1-2H3. The van der Waals surface area contributed by atoms with Crippen LogP contribution in [0.5, 0.6) is 5.75 Å². The third-order valence-electron chi connectivity index (χ3n) is 2.53. The summed E-state index contributed by atoms with van der Waals surface area (Å²) in [6.07, 6.45) is 1.75. The number of ether oxygens (including phenoxy) is 1. The summed E-state index contributed by atoms with van der Waals surface area (Å²) in [6, 6.07) is 6.26. The molecule has 0 unspecified atom stereocenters. The molecule has 0 radical (unpaired) electrons. The Labute approximate surface area is 114 Å². The van der Waals surface area contributed by atoms with Gasteiger partial charge < -0.3 is 9.30 Å². The lowest BCUT2D eigenvalue weighted by molar-refractivity contribution is 0.285. The number of halogens is 2. The molecule has 5 heteroatoms. The van der Waals surface area contributed by atoms with E-state index in [0.717, 1.165) is 10.4 Å². The molecular formula is C13H14BrFN2O. The van der Waals surface area contributed by atoms with Crippen LogP contribution in [0.25, 0.3) is 0 Å². The average Bonchev–Trinajstić information content (AvgIpc) is 2.70. The van der Waals surface area contributed by atoms with Crippen LogP contribution in [0.1, 0.15) is 25.7 Å². The molecule has 0 aliphatic rings. The fraction of sp³-hybridized carbons (Fsp3) is 0.308. The molecule has 18 heavy (non-hydrogen) atoms. The molecule has 0 saturated heterocycles. The molecule has 0 N–H and O–H groups in total. The van der Waals surface area contributed by atoms with Crippen LogP contribution in [0.2, 0.25) is 0 Å². The number of nitrogens with zero attached hydrogens (tertiary/aromatic N) is 2. The number of benzene rings is 1. The Morgan fingerprint density at radius 3 is 2.61 bits per heavy atom. The van der Waals surface area contributed by atoms with Gasteiger partial charge in [0.15, 0.2) is 0 Å². The van der Waals surface area contributed by atoms with Gasteiger partial charge in [-0.1, -0.05) is 0 Å². The van der Waals surface area contributed by atoms with Gasteiger partial charge in [-0.2, -0.15) is 0 Å². The molecule has 0 saturated carbocycles. The highest BCUT2D eigenvalue weighted by Gasteiger charge is 2.11.